The molecule has 0 radical (unpaired) electrons. The highest BCUT2D eigenvalue weighted by Crippen LogP contribution is 2.19. The second kappa shape index (κ2) is 7.02. The third kappa shape index (κ3) is 3.83. The minimum atomic E-state index is -1.64. The summed E-state index contributed by atoms with van der Waals surface area (Å²) in [5.41, 5.74) is -0.478. The number of halogens is 3. The van der Waals surface area contributed by atoms with Gasteiger partial charge >= 0.3 is 0 Å². The number of nitrogens with one attached hydrogen (secondary N) is 1. The van der Waals surface area contributed by atoms with Gasteiger partial charge in [0.25, 0.3) is 5.91 Å². The van der Waals surface area contributed by atoms with E-state index >= 15 is 0 Å². The van der Waals surface area contributed by atoms with Crippen molar-refractivity contribution >= 4 is 11.8 Å². The van der Waals surface area contributed by atoms with Gasteiger partial charge in [-0.15, -0.1) is 0 Å². The van der Waals surface area contributed by atoms with Gasteiger partial charge in [-0.2, -0.15) is 0 Å². The van der Waals surface area contributed by atoms with E-state index in [9.17, 15) is 22.8 Å². The van der Waals surface area contributed by atoms with Gasteiger partial charge in [-0.05, 0) is 25.0 Å². The van der Waals surface area contributed by atoms with Crippen LogP contribution < -0.4 is 5.32 Å². The first-order chi connectivity index (χ1) is 10.8. The van der Waals surface area contributed by atoms with Crippen molar-refractivity contribution in [2.45, 2.75) is 32.7 Å². The zero-order valence-electron chi connectivity index (χ0n) is 13.0. The zero-order valence-corrected chi connectivity index (χ0v) is 13.0. The molecule has 0 unspecified atom stereocenters. The van der Waals surface area contributed by atoms with Gasteiger partial charge in [0, 0.05) is 25.0 Å². The van der Waals surface area contributed by atoms with E-state index in [1.807, 2.05) is 0 Å². The molecule has 1 aromatic carbocycles. The maximum absolute atomic E-state index is 13.7. The van der Waals surface area contributed by atoms with Crippen molar-refractivity contribution in [1.29, 1.82) is 0 Å². The molecule has 1 aliphatic rings. The number of benzene rings is 1. The summed E-state index contributed by atoms with van der Waals surface area (Å²) in [4.78, 5) is 25.3. The first-order valence-corrected chi connectivity index (χ1v) is 7.54. The second-order valence-electron chi connectivity index (χ2n) is 5.95. The Morgan fingerprint density at radius 3 is 2.30 bits per heavy atom. The molecule has 1 heterocycles. The zero-order chi connectivity index (χ0) is 17.1. The van der Waals surface area contributed by atoms with Crippen LogP contribution in [0.1, 0.15) is 37.0 Å². The number of carbonyl (C=O) groups excluding carboxylic acids is 2. The van der Waals surface area contributed by atoms with E-state index in [0.29, 0.717) is 25.9 Å². The highest BCUT2D eigenvalue weighted by Gasteiger charge is 2.28. The molecule has 0 spiro atoms. The number of piperidine rings is 1. The molecule has 1 N–H and O–H groups in total. The van der Waals surface area contributed by atoms with Crippen LogP contribution in [0.15, 0.2) is 12.1 Å². The van der Waals surface area contributed by atoms with Crippen LogP contribution in [0.25, 0.3) is 0 Å². The minimum Gasteiger partial charge on any atom is -0.353 e. The van der Waals surface area contributed by atoms with Gasteiger partial charge in [-0.3, -0.25) is 9.59 Å². The van der Waals surface area contributed by atoms with Crippen LogP contribution in [0.3, 0.4) is 0 Å². The fourth-order valence-corrected chi connectivity index (χ4v) is 2.46. The molecule has 0 atom stereocenters. The Morgan fingerprint density at radius 2 is 1.74 bits per heavy atom. The lowest BCUT2D eigenvalue weighted by molar-refractivity contribution is -0.124. The van der Waals surface area contributed by atoms with Gasteiger partial charge in [0.15, 0.2) is 17.5 Å². The van der Waals surface area contributed by atoms with Crippen LogP contribution in [0.2, 0.25) is 0 Å². The molecule has 1 aliphatic heterocycles. The lowest BCUT2D eigenvalue weighted by Crippen LogP contribution is -2.47. The Balaban J connectivity index is 1.99. The molecule has 0 saturated carbocycles. The van der Waals surface area contributed by atoms with E-state index in [4.69, 9.17) is 0 Å². The van der Waals surface area contributed by atoms with Gasteiger partial charge in [0.2, 0.25) is 5.91 Å². The summed E-state index contributed by atoms with van der Waals surface area (Å²) in [6, 6.07) is 1.65. The van der Waals surface area contributed by atoms with Crippen LogP contribution in [0.4, 0.5) is 13.2 Å². The molecule has 0 bridgehead atoms. The minimum absolute atomic E-state index is 0.0382. The average Bonchev–Trinajstić information content (AvgIpc) is 2.53. The summed E-state index contributed by atoms with van der Waals surface area (Å²) in [5.74, 6) is -5.28. The lowest BCUT2D eigenvalue weighted by Gasteiger charge is -2.32. The van der Waals surface area contributed by atoms with Crippen LogP contribution in [-0.4, -0.2) is 35.8 Å². The standard InChI is InChI=1S/C16H19F3N2O2/c1-9(2)15(22)20-10-5-7-21(8-6-10)16(23)11-3-4-12(17)14(19)13(11)18/h3-4,9-10H,5-8H2,1-2H3,(H,20,22). The summed E-state index contributed by atoms with van der Waals surface area (Å²) < 4.78 is 39.8. The molecule has 2 amide bonds. The van der Waals surface area contributed by atoms with E-state index in [1.165, 1.54) is 4.90 Å². The number of carbonyl (C=O) groups is 2. The fourth-order valence-electron chi connectivity index (χ4n) is 2.46. The largest absolute Gasteiger partial charge is 0.353 e. The SMILES string of the molecule is CC(C)C(=O)NC1CCN(C(=O)c2ccc(F)c(F)c2F)CC1. The van der Waals surface area contributed by atoms with Gasteiger partial charge in [0.05, 0.1) is 5.56 Å². The molecular weight excluding hydrogens is 309 g/mol. The smallest absolute Gasteiger partial charge is 0.256 e. The fraction of sp³-hybridized carbons (Fsp3) is 0.500. The van der Waals surface area contributed by atoms with Crippen molar-refractivity contribution in [1.82, 2.24) is 10.2 Å². The number of hydrogen-bond acceptors (Lipinski definition) is 2. The highest BCUT2D eigenvalue weighted by molar-refractivity contribution is 5.94. The predicted molar refractivity (Wildman–Crippen MR) is 78.2 cm³/mol. The topological polar surface area (TPSA) is 49.4 Å². The van der Waals surface area contributed by atoms with E-state index < -0.39 is 28.9 Å². The molecule has 1 saturated heterocycles. The maximum Gasteiger partial charge on any atom is 0.256 e. The monoisotopic (exact) mass is 328 g/mol. The Bertz CT molecular complexity index is 612. The number of nitrogens with zero attached hydrogens (tertiary/aromatic N) is 1. The van der Waals surface area contributed by atoms with Crippen LogP contribution in [-0.2, 0) is 4.79 Å². The molecule has 1 fully saturated rings. The molecule has 1 aromatic rings. The van der Waals surface area contributed by atoms with E-state index in [2.05, 4.69) is 5.32 Å². The van der Waals surface area contributed by atoms with Crippen molar-refractivity contribution in [3.05, 3.63) is 35.1 Å². The average molecular weight is 328 g/mol. The van der Waals surface area contributed by atoms with Gasteiger partial charge in [0.1, 0.15) is 0 Å². The molecule has 2 rings (SSSR count). The Hall–Kier alpha value is -2.05. The van der Waals surface area contributed by atoms with E-state index in [1.54, 1.807) is 13.8 Å². The normalized spacial score (nSPS) is 15.8. The molecule has 7 heteroatoms. The van der Waals surface area contributed by atoms with Crippen molar-refractivity contribution in [3.8, 4) is 0 Å². The maximum atomic E-state index is 13.7. The highest BCUT2D eigenvalue weighted by atomic mass is 19.2. The van der Waals surface area contributed by atoms with Crippen LogP contribution in [0.5, 0.6) is 0 Å². The van der Waals surface area contributed by atoms with Crippen LogP contribution >= 0.6 is 0 Å². The van der Waals surface area contributed by atoms with Crippen molar-refractivity contribution in [3.63, 3.8) is 0 Å². The third-order valence-electron chi connectivity index (χ3n) is 3.92. The van der Waals surface area contributed by atoms with Gasteiger partial charge < -0.3 is 10.2 Å². The quantitative estimate of drug-likeness (QED) is 0.867. The Kier molecular flexibility index (Phi) is 5.28. The summed E-state index contributed by atoms with van der Waals surface area (Å²) in [5, 5.41) is 2.88. The molecule has 23 heavy (non-hydrogen) atoms. The van der Waals surface area contributed by atoms with E-state index in [-0.39, 0.29) is 17.9 Å². The molecule has 0 aromatic heterocycles. The van der Waals surface area contributed by atoms with Crippen molar-refractivity contribution in [2.75, 3.05) is 13.1 Å². The number of amides is 2. The van der Waals surface area contributed by atoms with Gasteiger partial charge in [-0.25, -0.2) is 13.2 Å². The van der Waals surface area contributed by atoms with Crippen molar-refractivity contribution < 1.29 is 22.8 Å². The second-order valence-corrected chi connectivity index (χ2v) is 5.95. The third-order valence-corrected chi connectivity index (χ3v) is 3.92. The summed E-state index contributed by atoms with van der Waals surface area (Å²) in [6.45, 7) is 4.22. The van der Waals surface area contributed by atoms with Gasteiger partial charge in [-0.1, -0.05) is 13.8 Å². The first-order valence-electron chi connectivity index (χ1n) is 7.54. The summed E-state index contributed by atoms with van der Waals surface area (Å²) in [7, 11) is 0. The number of likely N-dealkylation sites (tertiary alicyclic amines) is 1. The molecule has 4 nitrogen and oxygen atoms in total. The lowest BCUT2D eigenvalue weighted by atomic mass is 10.0. The molecule has 0 aliphatic carbocycles. The van der Waals surface area contributed by atoms with Crippen molar-refractivity contribution in [2.24, 2.45) is 5.92 Å². The summed E-state index contributed by atoms with van der Waals surface area (Å²) in [6.07, 6.45) is 1.07. The number of rotatable bonds is 3. The number of hydrogen-bond donors (Lipinski definition) is 1. The van der Waals surface area contributed by atoms with Crippen LogP contribution in [0, 0.1) is 23.4 Å². The Labute approximate surface area is 132 Å². The predicted octanol–water partition coefficient (Wildman–Crippen LogP) is 2.48. The summed E-state index contributed by atoms with van der Waals surface area (Å²) >= 11 is 0. The Morgan fingerprint density at radius 1 is 1.13 bits per heavy atom. The van der Waals surface area contributed by atoms with E-state index in [0.717, 1.165) is 12.1 Å². The molecule has 126 valence electrons. The first kappa shape index (κ1) is 17.3. The molecular formula is C16H19F3N2O2.